The van der Waals surface area contributed by atoms with Crippen molar-refractivity contribution in [2.75, 3.05) is 6.61 Å². The molecule has 2 heterocycles. The zero-order valence-electron chi connectivity index (χ0n) is 18.8. The maximum Gasteiger partial charge on any atom is 0.228 e. The first-order valence-corrected chi connectivity index (χ1v) is 11.3. The van der Waals surface area contributed by atoms with E-state index in [0.717, 1.165) is 39.8 Å². The number of aryl methyl sites for hydroxylation is 1. The van der Waals surface area contributed by atoms with E-state index in [1.54, 1.807) is 6.33 Å². The Hall–Kier alpha value is -3.99. The molecule has 0 atom stereocenters. The van der Waals surface area contributed by atoms with Gasteiger partial charge in [-0.25, -0.2) is 14.6 Å². The van der Waals surface area contributed by atoms with Gasteiger partial charge < -0.3 is 4.74 Å². The lowest BCUT2D eigenvalue weighted by atomic mass is 9.77. The van der Waals surface area contributed by atoms with Gasteiger partial charge in [-0.05, 0) is 30.0 Å². The molecular formula is C28H26N4O. The van der Waals surface area contributed by atoms with Gasteiger partial charge in [-0.1, -0.05) is 97.9 Å². The summed E-state index contributed by atoms with van der Waals surface area (Å²) in [5.41, 5.74) is 4.25. The molecule has 5 rings (SSSR count). The summed E-state index contributed by atoms with van der Waals surface area (Å²) >= 11 is 0. The number of hydrogen-bond acceptors (Lipinski definition) is 4. The van der Waals surface area contributed by atoms with Crippen LogP contribution in [0.4, 0.5) is 0 Å². The third-order valence-corrected chi connectivity index (χ3v) is 6.01. The van der Waals surface area contributed by atoms with Crippen molar-refractivity contribution in [2.45, 2.75) is 25.8 Å². The fraction of sp³-hybridized carbons (Fsp3) is 0.179. The summed E-state index contributed by atoms with van der Waals surface area (Å²) < 4.78 is 7.96. The van der Waals surface area contributed by atoms with Crippen LogP contribution in [-0.4, -0.2) is 26.4 Å². The van der Waals surface area contributed by atoms with Crippen LogP contribution in [0.25, 0.3) is 11.0 Å². The van der Waals surface area contributed by atoms with Crippen LogP contribution < -0.4 is 4.74 Å². The molecule has 0 saturated heterocycles. The van der Waals surface area contributed by atoms with Crippen LogP contribution >= 0.6 is 0 Å². The van der Waals surface area contributed by atoms with E-state index in [2.05, 4.69) is 89.4 Å². The topological polar surface area (TPSA) is 52.8 Å². The number of benzene rings is 3. The molecule has 0 unspecified atom stereocenters. The standard InChI is InChI=1S/C28H26N4O/c1-3-24-25-26(29-20-30-27(25)33-4-2)32(31-24)28(21-14-8-5-9-15-21,22-16-10-6-11-17-22)23-18-12-7-13-19-23/h5-20H,3-4H2,1-2H3. The summed E-state index contributed by atoms with van der Waals surface area (Å²) in [5.74, 6) is 0.577. The lowest BCUT2D eigenvalue weighted by Crippen LogP contribution is -2.38. The van der Waals surface area contributed by atoms with E-state index < -0.39 is 5.54 Å². The van der Waals surface area contributed by atoms with E-state index in [1.165, 1.54) is 0 Å². The average molecular weight is 435 g/mol. The second-order valence-electron chi connectivity index (χ2n) is 7.83. The van der Waals surface area contributed by atoms with Gasteiger partial charge in [-0.15, -0.1) is 0 Å². The first-order valence-electron chi connectivity index (χ1n) is 11.3. The number of ether oxygens (including phenoxy) is 1. The summed E-state index contributed by atoms with van der Waals surface area (Å²) in [7, 11) is 0. The molecule has 5 aromatic rings. The van der Waals surface area contributed by atoms with Gasteiger partial charge in [0.1, 0.15) is 17.3 Å². The Labute approximate surface area is 193 Å². The molecule has 0 spiro atoms. The number of rotatable bonds is 7. The monoisotopic (exact) mass is 434 g/mol. The van der Waals surface area contributed by atoms with E-state index in [9.17, 15) is 0 Å². The largest absolute Gasteiger partial charge is 0.477 e. The van der Waals surface area contributed by atoms with Crippen molar-refractivity contribution in [1.82, 2.24) is 19.7 Å². The van der Waals surface area contributed by atoms with E-state index in [4.69, 9.17) is 14.8 Å². The summed E-state index contributed by atoms with van der Waals surface area (Å²) in [6, 6.07) is 31.5. The number of aromatic nitrogens is 4. The van der Waals surface area contributed by atoms with Gasteiger partial charge in [-0.3, -0.25) is 0 Å². The molecule has 5 nitrogen and oxygen atoms in total. The Balaban J connectivity index is 1.97. The van der Waals surface area contributed by atoms with Gasteiger partial charge in [0.2, 0.25) is 5.88 Å². The number of nitrogens with zero attached hydrogens (tertiary/aromatic N) is 4. The molecule has 0 aliphatic carbocycles. The first kappa shape index (κ1) is 20.9. The zero-order valence-corrected chi connectivity index (χ0v) is 18.8. The van der Waals surface area contributed by atoms with Gasteiger partial charge in [-0.2, -0.15) is 5.10 Å². The van der Waals surface area contributed by atoms with Crippen molar-refractivity contribution in [1.29, 1.82) is 0 Å². The fourth-order valence-electron chi connectivity index (χ4n) is 4.62. The summed E-state index contributed by atoms with van der Waals surface area (Å²) in [6.45, 7) is 4.60. The summed E-state index contributed by atoms with van der Waals surface area (Å²) in [6.07, 6.45) is 2.31. The highest BCUT2D eigenvalue weighted by Gasteiger charge is 2.41. The first-order chi connectivity index (χ1) is 16.3. The molecule has 0 radical (unpaired) electrons. The summed E-state index contributed by atoms with van der Waals surface area (Å²) in [5, 5.41) is 6.06. The molecule has 0 aliphatic rings. The second kappa shape index (κ2) is 8.87. The molecule has 0 amide bonds. The molecular weight excluding hydrogens is 408 g/mol. The summed E-state index contributed by atoms with van der Waals surface area (Å²) in [4.78, 5) is 9.18. The Morgan fingerprint density at radius 3 is 1.70 bits per heavy atom. The number of hydrogen-bond donors (Lipinski definition) is 0. The van der Waals surface area contributed by atoms with Crippen LogP contribution in [-0.2, 0) is 12.0 Å². The highest BCUT2D eigenvalue weighted by atomic mass is 16.5. The molecule has 0 aliphatic heterocycles. The lowest BCUT2D eigenvalue weighted by molar-refractivity contribution is 0.330. The van der Waals surface area contributed by atoms with E-state index >= 15 is 0 Å². The Morgan fingerprint density at radius 2 is 1.24 bits per heavy atom. The smallest absolute Gasteiger partial charge is 0.228 e. The van der Waals surface area contributed by atoms with Crippen LogP contribution in [0.5, 0.6) is 5.88 Å². The van der Waals surface area contributed by atoms with Crippen molar-refractivity contribution >= 4 is 11.0 Å². The Bertz CT molecular complexity index is 1250. The van der Waals surface area contributed by atoms with Gasteiger partial charge in [0.15, 0.2) is 5.65 Å². The van der Waals surface area contributed by atoms with Crippen LogP contribution in [0.2, 0.25) is 0 Å². The van der Waals surface area contributed by atoms with E-state index in [1.807, 2.05) is 25.1 Å². The van der Waals surface area contributed by atoms with Crippen LogP contribution in [0.3, 0.4) is 0 Å². The van der Waals surface area contributed by atoms with Crippen molar-refractivity contribution in [3.05, 3.63) is 120 Å². The molecule has 2 aromatic heterocycles. The molecule has 3 aromatic carbocycles. The van der Waals surface area contributed by atoms with Gasteiger partial charge >= 0.3 is 0 Å². The quantitative estimate of drug-likeness (QED) is 0.312. The molecule has 0 bridgehead atoms. The molecule has 0 saturated carbocycles. The highest BCUT2D eigenvalue weighted by Crippen LogP contribution is 2.43. The Kier molecular flexibility index (Phi) is 5.61. The van der Waals surface area contributed by atoms with E-state index in [-0.39, 0.29) is 0 Å². The third kappa shape index (κ3) is 3.37. The predicted octanol–water partition coefficient (Wildman–Crippen LogP) is 5.63. The minimum atomic E-state index is -0.729. The third-order valence-electron chi connectivity index (χ3n) is 6.01. The van der Waals surface area contributed by atoms with Gasteiger partial charge in [0.25, 0.3) is 0 Å². The maximum absolute atomic E-state index is 5.90. The minimum absolute atomic E-state index is 0.529. The molecule has 0 fully saturated rings. The highest BCUT2D eigenvalue weighted by molar-refractivity contribution is 5.84. The maximum atomic E-state index is 5.90. The van der Waals surface area contributed by atoms with Gasteiger partial charge in [0, 0.05) is 0 Å². The molecule has 33 heavy (non-hydrogen) atoms. The fourth-order valence-corrected chi connectivity index (χ4v) is 4.62. The van der Waals surface area contributed by atoms with Crippen molar-refractivity contribution in [3.8, 4) is 5.88 Å². The van der Waals surface area contributed by atoms with Crippen molar-refractivity contribution in [3.63, 3.8) is 0 Å². The van der Waals surface area contributed by atoms with Crippen molar-refractivity contribution < 1.29 is 4.74 Å². The normalized spacial score (nSPS) is 11.6. The lowest BCUT2D eigenvalue weighted by Gasteiger charge is -2.36. The molecule has 0 N–H and O–H groups in total. The average Bonchev–Trinajstić information content (AvgIpc) is 3.27. The minimum Gasteiger partial charge on any atom is -0.477 e. The number of fused-ring (bicyclic) bond motifs is 1. The van der Waals surface area contributed by atoms with Crippen LogP contribution in [0.1, 0.15) is 36.2 Å². The van der Waals surface area contributed by atoms with Crippen molar-refractivity contribution in [2.24, 2.45) is 0 Å². The van der Waals surface area contributed by atoms with E-state index in [0.29, 0.717) is 12.5 Å². The zero-order chi connectivity index (χ0) is 22.7. The molecule has 5 heteroatoms. The van der Waals surface area contributed by atoms with Gasteiger partial charge in [0.05, 0.1) is 12.3 Å². The Morgan fingerprint density at radius 1 is 0.727 bits per heavy atom. The SMILES string of the molecule is CCOc1ncnc2c1c(CC)nn2C(c1ccccc1)(c1ccccc1)c1ccccc1. The van der Waals surface area contributed by atoms with Crippen LogP contribution in [0.15, 0.2) is 97.3 Å². The predicted molar refractivity (Wildman–Crippen MR) is 130 cm³/mol. The second-order valence-corrected chi connectivity index (χ2v) is 7.83. The molecule has 164 valence electrons. The van der Waals surface area contributed by atoms with Crippen LogP contribution in [0, 0.1) is 0 Å².